The van der Waals surface area contributed by atoms with Crippen molar-refractivity contribution in [3.8, 4) is 0 Å². The zero-order chi connectivity index (χ0) is 9.97. The lowest BCUT2D eigenvalue weighted by Crippen LogP contribution is -1.82. The Balaban J connectivity index is 2.45. The zero-order valence-corrected chi connectivity index (χ0v) is 11.0. The minimum absolute atomic E-state index is 1.09. The van der Waals surface area contributed by atoms with Gasteiger partial charge in [0.2, 0.25) is 0 Å². The third-order valence-electron chi connectivity index (χ3n) is 1.85. The molecule has 74 valence electrons. The highest BCUT2D eigenvalue weighted by molar-refractivity contribution is 9.10. The minimum Gasteiger partial charge on any atom is -0.247 e. The van der Waals surface area contributed by atoms with Gasteiger partial charge in [0.25, 0.3) is 0 Å². The summed E-state index contributed by atoms with van der Waals surface area (Å²) in [6.07, 6.45) is 3.09. The number of thiophene rings is 1. The average molecular weight is 288 g/mol. The van der Waals surface area contributed by atoms with Crippen LogP contribution in [-0.4, -0.2) is 10.7 Å². The Bertz CT molecular complexity index is 439. The standard InChI is InChI=1S/C10H10BrNS2/c1-2-4-14-10-9-7(3-5-13-9)8(11)6-12-10/h3,5-6H,2,4H2,1H3. The maximum absolute atomic E-state index is 4.44. The number of pyridine rings is 1. The van der Waals surface area contributed by atoms with Crippen LogP contribution in [-0.2, 0) is 0 Å². The van der Waals surface area contributed by atoms with Crippen molar-refractivity contribution < 1.29 is 0 Å². The van der Waals surface area contributed by atoms with Crippen molar-refractivity contribution in [2.75, 3.05) is 5.75 Å². The molecule has 0 saturated heterocycles. The maximum Gasteiger partial charge on any atom is 0.114 e. The van der Waals surface area contributed by atoms with Crippen LogP contribution in [0.25, 0.3) is 10.1 Å². The second-order valence-corrected chi connectivity index (χ2v) is 5.78. The van der Waals surface area contributed by atoms with Crippen molar-refractivity contribution in [2.45, 2.75) is 18.4 Å². The summed E-state index contributed by atoms with van der Waals surface area (Å²) in [6, 6.07) is 2.14. The second-order valence-electron chi connectivity index (χ2n) is 2.92. The highest BCUT2D eigenvalue weighted by Crippen LogP contribution is 2.34. The molecule has 0 saturated carbocycles. The summed E-state index contributed by atoms with van der Waals surface area (Å²) in [6.45, 7) is 2.19. The van der Waals surface area contributed by atoms with Crippen molar-refractivity contribution in [1.29, 1.82) is 0 Å². The number of halogens is 1. The molecule has 0 aliphatic heterocycles. The van der Waals surface area contributed by atoms with Gasteiger partial charge in [0.15, 0.2) is 0 Å². The monoisotopic (exact) mass is 287 g/mol. The first kappa shape index (κ1) is 10.5. The molecule has 0 aliphatic carbocycles. The van der Waals surface area contributed by atoms with Gasteiger partial charge in [-0.25, -0.2) is 4.98 Å². The Morgan fingerprint density at radius 2 is 2.43 bits per heavy atom. The van der Waals surface area contributed by atoms with Crippen LogP contribution in [0.4, 0.5) is 0 Å². The topological polar surface area (TPSA) is 12.9 Å². The van der Waals surface area contributed by atoms with E-state index in [1.165, 1.54) is 21.5 Å². The molecule has 0 spiro atoms. The molecule has 14 heavy (non-hydrogen) atoms. The summed E-state index contributed by atoms with van der Waals surface area (Å²) in [5.41, 5.74) is 0. The predicted molar refractivity (Wildman–Crippen MR) is 68.3 cm³/mol. The normalized spacial score (nSPS) is 11.0. The van der Waals surface area contributed by atoms with Gasteiger partial charge in [-0.3, -0.25) is 0 Å². The van der Waals surface area contributed by atoms with Gasteiger partial charge in [0.05, 0.1) is 4.70 Å². The van der Waals surface area contributed by atoms with Crippen LogP contribution in [0, 0.1) is 0 Å². The van der Waals surface area contributed by atoms with Crippen LogP contribution in [0.2, 0.25) is 0 Å². The molecule has 0 N–H and O–H groups in total. The lowest BCUT2D eigenvalue weighted by Gasteiger charge is -2.01. The van der Waals surface area contributed by atoms with Crippen LogP contribution in [0.15, 0.2) is 27.1 Å². The molecule has 2 aromatic rings. The average Bonchev–Trinajstić information content (AvgIpc) is 2.66. The summed E-state index contributed by atoms with van der Waals surface area (Å²) in [7, 11) is 0. The van der Waals surface area contributed by atoms with Gasteiger partial charge in [0, 0.05) is 16.1 Å². The third kappa shape index (κ3) is 1.97. The van der Waals surface area contributed by atoms with Crippen LogP contribution in [0.1, 0.15) is 13.3 Å². The first-order chi connectivity index (χ1) is 6.83. The maximum atomic E-state index is 4.44. The smallest absolute Gasteiger partial charge is 0.114 e. The SMILES string of the molecule is CCCSc1ncc(Br)c2ccsc12. The Kier molecular flexibility index (Phi) is 3.47. The highest BCUT2D eigenvalue weighted by atomic mass is 79.9. The Labute approximate surface area is 100 Å². The molecule has 0 fully saturated rings. The zero-order valence-electron chi connectivity index (χ0n) is 7.79. The largest absolute Gasteiger partial charge is 0.247 e. The molecule has 0 radical (unpaired) electrons. The van der Waals surface area contributed by atoms with Crippen molar-refractivity contribution >= 4 is 49.1 Å². The fourth-order valence-electron chi connectivity index (χ4n) is 1.21. The first-order valence-corrected chi connectivity index (χ1v) is 7.13. The van der Waals surface area contributed by atoms with Crippen molar-refractivity contribution in [3.63, 3.8) is 0 Å². The van der Waals surface area contributed by atoms with Gasteiger partial charge in [-0.05, 0) is 39.6 Å². The lowest BCUT2D eigenvalue weighted by molar-refractivity contribution is 1.09. The highest BCUT2D eigenvalue weighted by Gasteiger charge is 2.06. The summed E-state index contributed by atoms with van der Waals surface area (Å²) in [5.74, 6) is 1.14. The molecule has 4 heteroatoms. The first-order valence-electron chi connectivity index (χ1n) is 4.47. The molecule has 0 bridgehead atoms. The molecule has 0 unspecified atom stereocenters. The number of hydrogen-bond donors (Lipinski definition) is 0. The van der Waals surface area contributed by atoms with E-state index in [1.54, 1.807) is 11.3 Å². The van der Waals surface area contributed by atoms with Gasteiger partial charge in [0.1, 0.15) is 5.03 Å². The summed E-state index contributed by atoms with van der Waals surface area (Å²) in [4.78, 5) is 4.44. The van der Waals surface area contributed by atoms with Crippen LogP contribution in [0.5, 0.6) is 0 Å². The van der Waals surface area contributed by atoms with Crippen LogP contribution >= 0.6 is 39.0 Å². The molecule has 0 aromatic carbocycles. The van der Waals surface area contributed by atoms with Gasteiger partial charge in [-0.1, -0.05) is 6.92 Å². The molecule has 2 aromatic heterocycles. The summed E-state index contributed by atoms with van der Waals surface area (Å²) >= 11 is 7.12. The van der Waals surface area contributed by atoms with E-state index in [9.17, 15) is 0 Å². The van der Waals surface area contributed by atoms with E-state index < -0.39 is 0 Å². The van der Waals surface area contributed by atoms with E-state index in [-0.39, 0.29) is 0 Å². The fraction of sp³-hybridized carbons (Fsp3) is 0.300. The molecular formula is C10H10BrNS2. The molecule has 0 atom stereocenters. The number of nitrogens with zero attached hydrogens (tertiary/aromatic N) is 1. The van der Waals surface area contributed by atoms with Crippen molar-refractivity contribution in [3.05, 3.63) is 22.1 Å². The number of rotatable bonds is 3. The van der Waals surface area contributed by atoms with E-state index in [1.807, 2.05) is 18.0 Å². The van der Waals surface area contributed by atoms with Gasteiger partial charge >= 0.3 is 0 Å². The molecule has 0 amide bonds. The number of hydrogen-bond acceptors (Lipinski definition) is 3. The molecule has 2 rings (SSSR count). The number of aromatic nitrogens is 1. The lowest BCUT2D eigenvalue weighted by atomic mass is 10.3. The van der Waals surface area contributed by atoms with E-state index in [4.69, 9.17) is 0 Å². The quantitative estimate of drug-likeness (QED) is 0.768. The van der Waals surface area contributed by atoms with E-state index in [0.717, 1.165) is 10.2 Å². The summed E-state index contributed by atoms with van der Waals surface area (Å²) < 4.78 is 2.40. The molecule has 2 heterocycles. The molecular weight excluding hydrogens is 278 g/mol. The fourth-order valence-corrected chi connectivity index (χ4v) is 3.66. The predicted octanol–water partition coefficient (Wildman–Crippen LogP) is 4.56. The van der Waals surface area contributed by atoms with E-state index in [2.05, 4.69) is 39.3 Å². The van der Waals surface area contributed by atoms with Crippen molar-refractivity contribution in [2.24, 2.45) is 0 Å². The van der Waals surface area contributed by atoms with Crippen LogP contribution in [0.3, 0.4) is 0 Å². The Morgan fingerprint density at radius 3 is 3.21 bits per heavy atom. The number of thioether (sulfide) groups is 1. The third-order valence-corrected chi connectivity index (χ3v) is 4.73. The Hall–Kier alpha value is -0.0600. The Morgan fingerprint density at radius 1 is 1.57 bits per heavy atom. The van der Waals surface area contributed by atoms with Gasteiger partial charge in [-0.15, -0.1) is 23.1 Å². The van der Waals surface area contributed by atoms with Gasteiger partial charge in [-0.2, -0.15) is 0 Å². The minimum atomic E-state index is 1.09. The van der Waals surface area contributed by atoms with Gasteiger partial charge < -0.3 is 0 Å². The van der Waals surface area contributed by atoms with E-state index >= 15 is 0 Å². The van der Waals surface area contributed by atoms with E-state index in [0.29, 0.717) is 0 Å². The van der Waals surface area contributed by atoms with Crippen LogP contribution < -0.4 is 0 Å². The molecule has 0 aliphatic rings. The van der Waals surface area contributed by atoms with Crippen molar-refractivity contribution in [1.82, 2.24) is 4.98 Å². The molecule has 1 nitrogen and oxygen atoms in total. The number of fused-ring (bicyclic) bond motifs is 1. The second kappa shape index (κ2) is 4.64. The summed E-state index contributed by atoms with van der Waals surface area (Å²) in [5, 5.41) is 4.57.